The number of carbonyl (C=O) groups excluding carboxylic acids is 1. The molecule has 1 aromatic rings. The van der Waals surface area contributed by atoms with Crippen LogP contribution in [-0.2, 0) is 26.9 Å². The van der Waals surface area contributed by atoms with Crippen molar-refractivity contribution >= 4 is 23.7 Å². The Balaban J connectivity index is 2.25. The van der Waals surface area contributed by atoms with Gasteiger partial charge in [0.05, 0.1) is 11.2 Å². The van der Waals surface area contributed by atoms with Gasteiger partial charge in [0, 0.05) is 26.8 Å². The van der Waals surface area contributed by atoms with Crippen LogP contribution in [0.3, 0.4) is 0 Å². The molecule has 0 N–H and O–H groups in total. The van der Waals surface area contributed by atoms with E-state index in [4.69, 9.17) is 21.1 Å². The zero-order valence-corrected chi connectivity index (χ0v) is 12.6. The number of methoxy groups -OCH3 is 1. The number of hydrazone groups is 1. The number of ether oxygens (including phenoxy) is 2. The summed E-state index contributed by atoms with van der Waals surface area (Å²) in [5.74, 6) is -2.00. The Morgan fingerprint density at radius 1 is 1.38 bits per heavy atom. The standard InChI is InChI=1S/C12H13ClN4O4/c1-6-7(13)8(15-16(2)9(6)18)11-5-14-17(3)10(19)12(11,20-4)21-11/h5H,1-4H3. The van der Waals surface area contributed by atoms with Crippen LogP contribution in [0.15, 0.2) is 9.90 Å². The van der Waals surface area contributed by atoms with Crippen molar-refractivity contribution in [3.05, 3.63) is 26.6 Å². The molecule has 3 rings (SSSR count). The summed E-state index contributed by atoms with van der Waals surface area (Å²) in [7, 11) is 4.35. The number of aryl methyl sites for hydroxylation is 1. The molecular formula is C12H13ClN4O4. The van der Waals surface area contributed by atoms with E-state index in [1.165, 1.54) is 27.4 Å². The molecule has 1 saturated heterocycles. The third-order valence-corrected chi connectivity index (χ3v) is 4.24. The topological polar surface area (TPSA) is 89.3 Å². The first-order chi connectivity index (χ1) is 9.80. The van der Waals surface area contributed by atoms with Crippen molar-refractivity contribution in [2.75, 3.05) is 14.2 Å². The molecule has 0 aliphatic carbocycles. The molecule has 0 spiro atoms. The van der Waals surface area contributed by atoms with Crippen LogP contribution in [-0.4, -0.2) is 46.9 Å². The highest BCUT2D eigenvalue weighted by atomic mass is 35.5. The molecule has 0 saturated carbocycles. The summed E-state index contributed by atoms with van der Waals surface area (Å²) in [5.41, 5.74) is -1.08. The monoisotopic (exact) mass is 312 g/mol. The molecule has 21 heavy (non-hydrogen) atoms. The van der Waals surface area contributed by atoms with E-state index in [0.717, 1.165) is 9.69 Å². The normalized spacial score (nSPS) is 30.5. The fraction of sp³-hybridized carbons (Fsp3) is 0.500. The van der Waals surface area contributed by atoms with Gasteiger partial charge in [0.1, 0.15) is 5.69 Å². The molecule has 1 fully saturated rings. The maximum absolute atomic E-state index is 12.3. The molecule has 0 aromatic carbocycles. The van der Waals surface area contributed by atoms with Gasteiger partial charge in [-0.05, 0) is 6.92 Å². The molecule has 2 atom stereocenters. The Kier molecular flexibility index (Phi) is 2.78. The average molecular weight is 313 g/mol. The lowest BCUT2D eigenvalue weighted by molar-refractivity contribution is -0.153. The van der Waals surface area contributed by atoms with Gasteiger partial charge in [0.2, 0.25) is 5.60 Å². The summed E-state index contributed by atoms with van der Waals surface area (Å²) in [5, 5.41) is 9.36. The molecule has 0 bridgehead atoms. The third kappa shape index (κ3) is 1.52. The SMILES string of the molecule is COC12OC1(c1nn(C)c(=O)c(C)c1Cl)C=NN(C)C2=O. The fourth-order valence-corrected chi connectivity index (χ4v) is 2.74. The number of hydrogen-bond acceptors (Lipinski definition) is 6. The summed E-state index contributed by atoms with van der Waals surface area (Å²) in [6.45, 7) is 1.58. The minimum atomic E-state index is -1.54. The average Bonchev–Trinajstić information content (AvgIpc) is 3.16. The first-order valence-corrected chi connectivity index (χ1v) is 6.51. The Morgan fingerprint density at radius 3 is 2.67 bits per heavy atom. The van der Waals surface area contributed by atoms with Crippen molar-refractivity contribution in [2.45, 2.75) is 18.3 Å². The van der Waals surface area contributed by atoms with Crippen LogP contribution in [0.5, 0.6) is 0 Å². The number of aromatic nitrogens is 2. The molecule has 2 unspecified atom stereocenters. The summed E-state index contributed by atoms with van der Waals surface area (Å²) in [6, 6.07) is 0. The van der Waals surface area contributed by atoms with E-state index in [2.05, 4.69) is 10.2 Å². The highest BCUT2D eigenvalue weighted by molar-refractivity contribution is 6.32. The first kappa shape index (κ1) is 14.2. The van der Waals surface area contributed by atoms with Crippen molar-refractivity contribution in [1.82, 2.24) is 14.8 Å². The van der Waals surface area contributed by atoms with E-state index >= 15 is 0 Å². The summed E-state index contributed by atoms with van der Waals surface area (Å²) >= 11 is 6.23. The molecule has 3 heterocycles. The highest BCUT2D eigenvalue weighted by Gasteiger charge is 2.81. The molecule has 112 valence electrons. The van der Waals surface area contributed by atoms with Gasteiger partial charge in [-0.2, -0.15) is 10.2 Å². The summed E-state index contributed by atoms with van der Waals surface area (Å²) in [4.78, 5) is 24.1. The Labute approximate surface area is 124 Å². The van der Waals surface area contributed by atoms with Gasteiger partial charge < -0.3 is 9.47 Å². The fourth-order valence-electron chi connectivity index (χ4n) is 2.49. The minimum Gasteiger partial charge on any atom is -0.343 e. The lowest BCUT2D eigenvalue weighted by atomic mass is 9.96. The largest absolute Gasteiger partial charge is 0.343 e. The number of hydrogen-bond donors (Lipinski definition) is 0. The van der Waals surface area contributed by atoms with Crippen molar-refractivity contribution in [3.63, 3.8) is 0 Å². The second-order valence-electron chi connectivity index (χ2n) is 4.95. The number of rotatable bonds is 2. The van der Waals surface area contributed by atoms with Gasteiger partial charge in [-0.1, -0.05) is 11.6 Å². The predicted molar refractivity (Wildman–Crippen MR) is 73.0 cm³/mol. The number of nitrogens with zero attached hydrogens (tertiary/aromatic N) is 4. The summed E-state index contributed by atoms with van der Waals surface area (Å²) < 4.78 is 12.0. The lowest BCUT2D eigenvalue weighted by Crippen LogP contribution is -2.47. The van der Waals surface area contributed by atoms with Gasteiger partial charge in [0.15, 0.2) is 0 Å². The molecular weight excluding hydrogens is 300 g/mol. The van der Waals surface area contributed by atoms with Crippen LogP contribution in [0, 0.1) is 6.92 Å². The lowest BCUT2D eigenvalue weighted by Gasteiger charge is -2.23. The highest BCUT2D eigenvalue weighted by Crippen LogP contribution is 2.58. The maximum atomic E-state index is 12.3. The second kappa shape index (κ2) is 4.12. The molecule has 1 amide bonds. The Hall–Kier alpha value is -1.77. The molecule has 2 aliphatic heterocycles. The first-order valence-electron chi connectivity index (χ1n) is 6.13. The molecule has 0 radical (unpaired) electrons. The smallest absolute Gasteiger partial charge is 0.306 e. The number of fused-ring (bicyclic) bond motifs is 1. The number of carbonyl (C=O) groups is 1. The zero-order chi connectivity index (χ0) is 15.6. The summed E-state index contributed by atoms with van der Waals surface area (Å²) in [6.07, 6.45) is 1.41. The second-order valence-corrected chi connectivity index (χ2v) is 5.33. The molecule has 9 heteroatoms. The van der Waals surface area contributed by atoms with E-state index in [-0.39, 0.29) is 16.3 Å². The van der Waals surface area contributed by atoms with Crippen LogP contribution in [0.1, 0.15) is 11.3 Å². The van der Waals surface area contributed by atoms with Crippen LogP contribution >= 0.6 is 11.6 Å². The number of likely N-dealkylation sites (N-methyl/N-ethyl adjacent to an activating group) is 1. The number of epoxide rings is 1. The van der Waals surface area contributed by atoms with Gasteiger partial charge >= 0.3 is 5.91 Å². The van der Waals surface area contributed by atoms with Gasteiger partial charge in [-0.3, -0.25) is 9.59 Å². The molecule has 1 aromatic heterocycles. The van der Waals surface area contributed by atoms with Gasteiger partial charge in [0.25, 0.3) is 11.3 Å². The Bertz CT molecular complexity index is 746. The van der Waals surface area contributed by atoms with Crippen molar-refractivity contribution in [1.29, 1.82) is 0 Å². The third-order valence-electron chi connectivity index (χ3n) is 3.78. The quantitative estimate of drug-likeness (QED) is 0.704. The van der Waals surface area contributed by atoms with Gasteiger partial charge in [-0.25, -0.2) is 9.69 Å². The van der Waals surface area contributed by atoms with E-state index in [1.807, 2.05) is 0 Å². The minimum absolute atomic E-state index is 0.140. The van der Waals surface area contributed by atoms with Crippen LogP contribution in [0.25, 0.3) is 0 Å². The van der Waals surface area contributed by atoms with E-state index in [9.17, 15) is 9.59 Å². The number of halogens is 1. The number of amides is 1. The van der Waals surface area contributed by atoms with Crippen molar-refractivity contribution < 1.29 is 14.3 Å². The Morgan fingerprint density at radius 2 is 2.05 bits per heavy atom. The predicted octanol–water partition coefficient (Wildman–Crippen LogP) is -0.232. The van der Waals surface area contributed by atoms with E-state index < -0.39 is 17.3 Å². The molecule has 2 aliphatic rings. The maximum Gasteiger partial charge on any atom is 0.306 e. The van der Waals surface area contributed by atoms with Crippen LogP contribution in [0.4, 0.5) is 0 Å². The van der Waals surface area contributed by atoms with E-state index in [0.29, 0.717) is 5.56 Å². The van der Waals surface area contributed by atoms with Crippen molar-refractivity contribution in [3.8, 4) is 0 Å². The van der Waals surface area contributed by atoms with E-state index in [1.54, 1.807) is 6.92 Å². The van der Waals surface area contributed by atoms with Crippen LogP contribution < -0.4 is 5.56 Å². The van der Waals surface area contributed by atoms with Crippen LogP contribution in [0.2, 0.25) is 5.02 Å². The molecule has 8 nitrogen and oxygen atoms in total. The van der Waals surface area contributed by atoms with Gasteiger partial charge in [-0.15, -0.1) is 0 Å². The van der Waals surface area contributed by atoms with Crippen molar-refractivity contribution in [2.24, 2.45) is 12.1 Å². The zero-order valence-electron chi connectivity index (χ0n) is 11.9.